The van der Waals surface area contributed by atoms with Crippen LogP contribution in [0.4, 0.5) is 5.69 Å². The highest BCUT2D eigenvalue weighted by Crippen LogP contribution is 2.18. The SMILES string of the molecule is CC(C(N)=O)c1ccc(NC(=O)Cc2cccs2)cc1. The van der Waals surface area contributed by atoms with Crippen LogP contribution in [0.15, 0.2) is 41.8 Å². The number of hydrogen-bond donors (Lipinski definition) is 2. The molecule has 3 N–H and O–H groups in total. The van der Waals surface area contributed by atoms with Crippen LogP contribution in [0.2, 0.25) is 0 Å². The van der Waals surface area contributed by atoms with Crippen LogP contribution in [-0.2, 0) is 16.0 Å². The van der Waals surface area contributed by atoms with E-state index in [4.69, 9.17) is 5.73 Å². The fraction of sp³-hybridized carbons (Fsp3) is 0.200. The fourth-order valence-electron chi connectivity index (χ4n) is 1.80. The van der Waals surface area contributed by atoms with Crippen molar-refractivity contribution in [3.8, 4) is 0 Å². The highest BCUT2D eigenvalue weighted by molar-refractivity contribution is 7.10. The number of benzene rings is 1. The van der Waals surface area contributed by atoms with Gasteiger partial charge in [0.25, 0.3) is 0 Å². The van der Waals surface area contributed by atoms with Crippen molar-refractivity contribution in [2.75, 3.05) is 5.32 Å². The normalized spacial score (nSPS) is 11.8. The maximum atomic E-state index is 11.8. The first-order valence-electron chi connectivity index (χ1n) is 6.28. The monoisotopic (exact) mass is 288 g/mol. The second-order valence-electron chi connectivity index (χ2n) is 4.55. The van der Waals surface area contributed by atoms with Crippen molar-refractivity contribution in [3.63, 3.8) is 0 Å². The van der Waals surface area contributed by atoms with Gasteiger partial charge in [0.2, 0.25) is 11.8 Å². The molecule has 0 fully saturated rings. The van der Waals surface area contributed by atoms with Gasteiger partial charge in [0.1, 0.15) is 0 Å². The van der Waals surface area contributed by atoms with Crippen molar-refractivity contribution in [2.45, 2.75) is 19.3 Å². The van der Waals surface area contributed by atoms with E-state index < -0.39 is 0 Å². The number of rotatable bonds is 5. The Morgan fingerprint density at radius 1 is 1.25 bits per heavy atom. The molecule has 4 nitrogen and oxygen atoms in total. The Balaban J connectivity index is 1.96. The number of thiophene rings is 1. The Morgan fingerprint density at radius 3 is 2.50 bits per heavy atom. The summed E-state index contributed by atoms with van der Waals surface area (Å²) in [5, 5.41) is 4.77. The summed E-state index contributed by atoms with van der Waals surface area (Å²) in [6.45, 7) is 1.76. The van der Waals surface area contributed by atoms with Gasteiger partial charge in [-0.15, -0.1) is 11.3 Å². The molecule has 0 saturated carbocycles. The first kappa shape index (κ1) is 14.3. The number of anilines is 1. The van der Waals surface area contributed by atoms with Crippen molar-refractivity contribution in [1.29, 1.82) is 0 Å². The number of primary amides is 1. The van der Waals surface area contributed by atoms with E-state index in [0.717, 1.165) is 10.4 Å². The minimum absolute atomic E-state index is 0.0526. The van der Waals surface area contributed by atoms with E-state index in [0.29, 0.717) is 12.1 Å². The molecule has 0 aliphatic carbocycles. The summed E-state index contributed by atoms with van der Waals surface area (Å²) in [5.74, 6) is -0.742. The quantitative estimate of drug-likeness (QED) is 0.887. The van der Waals surface area contributed by atoms with Gasteiger partial charge in [-0.2, -0.15) is 0 Å². The van der Waals surface area contributed by atoms with E-state index in [1.807, 2.05) is 17.5 Å². The van der Waals surface area contributed by atoms with Crippen LogP contribution in [0, 0.1) is 0 Å². The summed E-state index contributed by atoms with van der Waals surface area (Å²) in [7, 11) is 0. The summed E-state index contributed by atoms with van der Waals surface area (Å²) in [5.41, 5.74) is 6.81. The molecule has 0 spiro atoms. The molecule has 2 amide bonds. The number of carbonyl (C=O) groups is 2. The van der Waals surface area contributed by atoms with Crippen molar-refractivity contribution in [1.82, 2.24) is 0 Å². The van der Waals surface area contributed by atoms with Gasteiger partial charge in [-0.05, 0) is 36.1 Å². The molecule has 20 heavy (non-hydrogen) atoms. The molecule has 2 rings (SSSR count). The van der Waals surface area contributed by atoms with Gasteiger partial charge in [-0.3, -0.25) is 9.59 Å². The van der Waals surface area contributed by atoms with Gasteiger partial charge >= 0.3 is 0 Å². The van der Waals surface area contributed by atoms with Crippen LogP contribution in [0.1, 0.15) is 23.3 Å². The van der Waals surface area contributed by atoms with Crippen LogP contribution < -0.4 is 11.1 Å². The lowest BCUT2D eigenvalue weighted by atomic mass is 10.0. The van der Waals surface area contributed by atoms with Crippen molar-refractivity contribution in [3.05, 3.63) is 52.2 Å². The van der Waals surface area contributed by atoms with Gasteiger partial charge in [0, 0.05) is 10.6 Å². The second-order valence-corrected chi connectivity index (χ2v) is 5.58. The number of nitrogens with two attached hydrogens (primary N) is 1. The molecule has 1 unspecified atom stereocenters. The maximum absolute atomic E-state index is 11.8. The van der Waals surface area contributed by atoms with Crippen LogP contribution in [0.3, 0.4) is 0 Å². The van der Waals surface area contributed by atoms with Crippen LogP contribution in [0.5, 0.6) is 0 Å². The zero-order valence-corrected chi connectivity index (χ0v) is 11.9. The Labute approximate surface area is 121 Å². The van der Waals surface area contributed by atoms with Crippen molar-refractivity contribution < 1.29 is 9.59 Å². The minimum Gasteiger partial charge on any atom is -0.369 e. The van der Waals surface area contributed by atoms with Gasteiger partial charge in [0.05, 0.1) is 12.3 Å². The van der Waals surface area contributed by atoms with E-state index >= 15 is 0 Å². The molecular weight excluding hydrogens is 272 g/mol. The predicted octanol–water partition coefficient (Wildman–Crippen LogP) is 2.52. The summed E-state index contributed by atoms with van der Waals surface area (Å²) in [4.78, 5) is 24.0. The highest BCUT2D eigenvalue weighted by Gasteiger charge is 2.11. The van der Waals surface area contributed by atoms with Crippen molar-refractivity contribution in [2.24, 2.45) is 5.73 Å². The standard InChI is InChI=1S/C15H16N2O2S/c1-10(15(16)19)11-4-6-12(7-5-11)17-14(18)9-13-3-2-8-20-13/h2-8,10H,9H2,1H3,(H2,16,19)(H,17,18). The largest absolute Gasteiger partial charge is 0.369 e. The van der Waals surface area contributed by atoms with E-state index in [-0.39, 0.29) is 17.7 Å². The zero-order valence-electron chi connectivity index (χ0n) is 11.1. The lowest BCUT2D eigenvalue weighted by Gasteiger charge is -2.09. The maximum Gasteiger partial charge on any atom is 0.229 e. The molecule has 104 valence electrons. The molecule has 0 radical (unpaired) electrons. The summed E-state index contributed by atoms with van der Waals surface area (Å²) < 4.78 is 0. The number of amides is 2. The molecule has 0 aliphatic heterocycles. The Kier molecular flexibility index (Phi) is 4.53. The van der Waals surface area contributed by atoms with E-state index in [1.54, 1.807) is 42.5 Å². The molecule has 1 heterocycles. The predicted molar refractivity (Wildman–Crippen MR) is 80.7 cm³/mol. The van der Waals surface area contributed by atoms with E-state index in [1.165, 1.54) is 0 Å². The van der Waals surface area contributed by atoms with Gasteiger partial charge < -0.3 is 11.1 Å². The summed E-state index contributed by atoms with van der Waals surface area (Å²) >= 11 is 1.56. The third-order valence-electron chi connectivity index (χ3n) is 3.04. The van der Waals surface area contributed by atoms with Gasteiger partial charge in [-0.1, -0.05) is 18.2 Å². The molecule has 2 aromatic rings. The molecule has 1 aromatic carbocycles. The minimum atomic E-state index is -0.362. The van der Waals surface area contributed by atoms with E-state index in [2.05, 4.69) is 5.32 Å². The third kappa shape index (κ3) is 3.68. The second kappa shape index (κ2) is 6.34. The average Bonchev–Trinajstić information content (AvgIpc) is 2.91. The number of carbonyl (C=O) groups excluding carboxylic acids is 2. The topological polar surface area (TPSA) is 72.2 Å². The molecule has 0 saturated heterocycles. The van der Waals surface area contributed by atoms with Gasteiger partial charge in [-0.25, -0.2) is 0 Å². The molecule has 1 aromatic heterocycles. The fourth-order valence-corrected chi connectivity index (χ4v) is 2.50. The van der Waals surface area contributed by atoms with Crippen molar-refractivity contribution >= 4 is 28.8 Å². The number of nitrogens with one attached hydrogen (secondary N) is 1. The van der Waals surface area contributed by atoms with Crippen LogP contribution >= 0.6 is 11.3 Å². The van der Waals surface area contributed by atoms with E-state index in [9.17, 15) is 9.59 Å². The summed E-state index contributed by atoms with van der Waals surface area (Å²) in [6.07, 6.45) is 0.372. The Morgan fingerprint density at radius 2 is 1.95 bits per heavy atom. The lowest BCUT2D eigenvalue weighted by molar-refractivity contribution is -0.119. The molecule has 0 bridgehead atoms. The lowest BCUT2D eigenvalue weighted by Crippen LogP contribution is -2.18. The molecule has 0 aliphatic rings. The molecule has 5 heteroatoms. The summed E-state index contributed by atoms with van der Waals surface area (Å²) in [6, 6.07) is 11.0. The number of hydrogen-bond acceptors (Lipinski definition) is 3. The average molecular weight is 288 g/mol. The Hall–Kier alpha value is -2.14. The Bertz CT molecular complexity index is 591. The van der Waals surface area contributed by atoms with Gasteiger partial charge in [0.15, 0.2) is 0 Å². The first-order chi connectivity index (χ1) is 9.56. The van der Waals surface area contributed by atoms with Crippen LogP contribution in [-0.4, -0.2) is 11.8 Å². The molecular formula is C15H16N2O2S. The van der Waals surface area contributed by atoms with Crippen LogP contribution in [0.25, 0.3) is 0 Å². The molecule has 1 atom stereocenters. The highest BCUT2D eigenvalue weighted by atomic mass is 32.1. The first-order valence-corrected chi connectivity index (χ1v) is 7.15. The third-order valence-corrected chi connectivity index (χ3v) is 3.91. The zero-order chi connectivity index (χ0) is 14.5. The smallest absolute Gasteiger partial charge is 0.229 e.